The largest absolute Gasteiger partial charge is 0.462 e. The summed E-state index contributed by atoms with van der Waals surface area (Å²) in [5, 5.41) is 4.26. The number of nitrogens with one attached hydrogen (secondary N) is 2. The van der Waals surface area contributed by atoms with Gasteiger partial charge in [-0.15, -0.1) is 0 Å². The zero-order valence-corrected chi connectivity index (χ0v) is 14.3. The lowest BCUT2D eigenvalue weighted by Crippen LogP contribution is -2.16. The molecule has 1 heterocycles. The summed E-state index contributed by atoms with van der Waals surface area (Å²) in [7, 11) is 0. The molecule has 142 valence electrons. The number of alkyl halides is 2. The number of ether oxygens (including phenoxy) is 1. The highest BCUT2D eigenvalue weighted by atomic mass is 19.3. The van der Waals surface area contributed by atoms with E-state index in [1.165, 1.54) is 12.1 Å². The third-order valence-electron chi connectivity index (χ3n) is 4.04. The van der Waals surface area contributed by atoms with E-state index in [1.54, 1.807) is 24.3 Å². The lowest BCUT2D eigenvalue weighted by atomic mass is 10.1. The van der Waals surface area contributed by atoms with E-state index >= 15 is 0 Å². The number of halogens is 4. The molecule has 3 rings (SSSR count). The lowest BCUT2D eigenvalue weighted by Gasteiger charge is -2.07. The van der Waals surface area contributed by atoms with Gasteiger partial charge in [0.2, 0.25) is 5.83 Å². The summed E-state index contributed by atoms with van der Waals surface area (Å²) in [4.78, 5) is 3.05. The molecule has 0 radical (unpaired) electrons. The summed E-state index contributed by atoms with van der Waals surface area (Å²) in [6.45, 7) is 1.23. The minimum Gasteiger partial charge on any atom is -0.462 e. The van der Waals surface area contributed by atoms with Crippen LogP contribution in [0, 0.1) is 5.82 Å². The minimum atomic E-state index is -3.18. The summed E-state index contributed by atoms with van der Waals surface area (Å²) in [5.41, 5.74) is 2.72. The molecule has 7 heteroatoms. The maximum Gasteiger partial charge on any atom is 0.292 e. The van der Waals surface area contributed by atoms with Crippen LogP contribution >= 0.6 is 0 Å². The molecular formula is C20H18F4N2O. The molecule has 0 atom stereocenters. The van der Waals surface area contributed by atoms with Crippen molar-refractivity contribution in [3.63, 3.8) is 0 Å². The average molecular weight is 378 g/mol. The average Bonchev–Trinajstić information content (AvgIpc) is 3.05. The Morgan fingerprint density at radius 3 is 2.85 bits per heavy atom. The van der Waals surface area contributed by atoms with Gasteiger partial charge in [-0.1, -0.05) is 12.1 Å². The molecule has 3 aromatic rings. The van der Waals surface area contributed by atoms with Gasteiger partial charge in [0, 0.05) is 23.6 Å². The second kappa shape index (κ2) is 8.73. The van der Waals surface area contributed by atoms with Gasteiger partial charge in [0.1, 0.15) is 17.8 Å². The van der Waals surface area contributed by atoms with Gasteiger partial charge in [0.05, 0.1) is 0 Å². The number of aromatic nitrogens is 1. The van der Waals surface area contributed by atoms with Gasteiger partial charge in [-0.2, -0.15) is 0 Å². The number of allylic oxidation sites excluding steroid dienone is 1. The molecule has 27 heavy (non-hydrogen) atoms. The molecule has 2 N–H and O–H groups in total. The van der Waals surface area contributed by atoms with Crippen LogP contribution in [0.25, 0.3) is 10.9 Å². The molecule has 0 amide bonds. The maximum atomic E-state index is 13.2. The Balaban J connectivity index is 1.51. The maximum absolute atomic E-state index is 13.2. The predicted molar refractivity (Wildman–Crippen MR) is 95.9 cm³/mol. The van der Waals surface area contributed by atoms with Crippen LogP contribution in [0.2, 0.25) is 0 Å². The summed E-state index contributed by atoms with van der Waals surface area (Å²) in [6.07, 6.45) is -0.151. The molecule has 1 aromatic heterocycles. The third kappa shape index (κ3) is 5.10. The molecule has 0 fully saturated rings. The zero-order chi connectivity index (χ0) is 19.2. The Morgan fingerprint density at radius 1 is 1.19 bits per heavy atom. The van der Waals surface area contributed by atoms with Crippen LogP contribution in [-0.4, -0.2) is 18.0 Å². The van der Waals surface area contributed by atoms with Crippen molar-refractivity contribution >= 4 is 10.9 Å². The predicted octanol–water partition coefficient (Wildman–Crippen LogP) is 5.09. The van der Waals surface area contributed by atoms with Gasteiger partial charge in [-0.3, -0.25) is 0 Å². The quantitative estimate of drug-likeness (QED) is 0.325. The van der Waals surface area contributed by atoms with Crippen LogP contribution < -0.4 is 10.1 Å². The second-order valence-electron chi connectivity index (χ2n) is 6.00. The summed E-state index contributed by atoms with van der Waals surface area (Å²) < 4.78 is 55.1. The van der Waals surface area contributed by atoms with E-state index in [2.05, 4.69) is 10.3 Å². The fourth-order valence-electron chi connectivity index (χ4n) is 2.73. The van der Waals surface area contributed by atoms with E-state index in [9.17, 15) is 17.6 Å². The van der Waals surface area contributed by atoms with E-state index < -0.39 is 12.3 Å². The first-order valence-electron chi connectivity index (χ1n) is 8.38. The Kier molecular flexibility index (Phi) is 6.13. The number of hydrogen-bond acceptors (Lipinski definition) is 2. The summed E-state index contributed by atoms with van der Waals surface area (Å²) >= 11 is 0. The Morgan fingerprint density at radius 2 is 2.04 bits per heavy atom. The Labute approximate surface area is 153 Å². The monoisotopic (exact) mass is 378 g/mol. The number of hydrogen-bond donors (Lipinski definition) is 2. The molecule has 0 saturated carbocycles. The van der Waals surface area contributed by atoms with Gasteiger partial charge in [-0.25, -0.2) is 17.6 Å². The number of benzene rings is 2. The van der Waals surface area contributed by atoms with Crippen LogP contribution in [0.5, 0.6) is 5.75 Å². The zero-order valence-electron chi connectivity index (χ0n) is 14.3. The second-order valence-corrected chi connectivity index (χ2v) is 6.00. The van der Waals surface area contributed by atoms with Crippen molar-refractivity contribution in [1.82, 2.24) is 10.3 Å². The van der Waals surface area contributed by atoms with Crippen molar-refractivity contribution in [3.05, 3.63) is 77.7 Å². The Bertz CT molecular complexity index is 937. The normalized spacial score (nSPS) is 12.1. The van der Waals surface area contributed by atoms with Crippen LogP contribution in [0.4, 0.5) is 17.6 Å². The lowest BCUT2D eigenvalue weighted by molar-refractivity contribution is 0.153. The fourth-order valence-corrected chi connectivity index (χ4v) is 2.73. The third-order valence-corrected chi connectivity index (χ3v) is 4.04. The molecule has 0 saturated heterocycles. The summed E-state index contributed by atoms with van der Waals surface area (Å²) in [6, 6.07) is 11.4. The van der Waals surface area contributed by atoms with E-state index in [-0.39, 0.29) is 11.6 Å². The summed E-state index contributed by atoms with van der Waals surface area (Å²) in [5.74, 6) is -1.61. The number of H-pyrrole nitrogens is 1. The molecule has 0 aliphatic carbocycles. The van der Waals surface area contributed by atoms with E-state index in [1.807, 2.05) is 12.3 Å². The molecule has 0 aliphatic rings. The van der Waals surface area contributed by atoms with Gasteiger partial charge in [0.25, 0.3) is 6.43 Å². The highest BCUT2D eigenvalue weighted by molar-refractivity contribution is 5.83. The number of fused-ring (bicyclic) bond motifs is 1. The molecule has 2 aromatic carbocycles. The standard InChI is InChI=1S/C20H18F4N2O/c21-15-4-5-17-14(11-26-19(17)9-15)6-7-25-10-13-2-1-3-16(8-13)27-12-18(22)20(23)24/h1-5,8-9,11-12,20,25-26H,6-7,10H2. The van der Waals surface area contributed by atoms with Crippen LogP contribution in [-0.2, 0) is 13.0 Å². The van der Waals surface area contributed by atoms with Crippen molar-refractivity contribution in [2.45, 2.75) is 19.4 Å². The number of rotatable bonds is 8. The molecule has 0 bridgehead atoms. The van der Waals surface area contributed by atoms with Crippen LogP contribution in [0.1, 0.15) is 11.1 Å². The minimum absolute atomic E-state index is 0.278. The van der Waals surface area contributed by atoms with Crippen molar-refractivity contribution in [2.75, 3.05) is 6.54 Å². The molecule has 0 aliphatic heterocycles. The Hall–Kier alpha value is -2.80. The highest BCUT2D eigenvalue weighted by Gasteiger charge is 2.10. The van der Waals surface area contributed by atoms with Crippen molar-refractivity contribution in [3.8, 4) is 5.75 Å². The molecule has 3 nitrogen and oxygen atoms in total. The molecular weight excluding hydrogens is 360 g/mol. The highest BCUT2D eigenvalue weighted by Crippen LogP contribution is 2.20. The first kappa shape index (κ1) is 19.0. The van der Waals surface area contributed by atoms with E-state index in [0.717, 1.165) is 28.5 Å². The van der Waals surface area contributed by atoms with E-state index in [4.69, 9.17) is 4.74 Å². The smallest absolute Gasteiger partial charge is 0.292 e. The van der Waals surface area contributed by atoms with Crippen molar-refractivity contribution < 1.29 is 22.3 Å². The SMILES string of the molecule is FC(=COc1cccc(CNCCc2c[nH]c3cc(F)ccc23)c1)C(F)F. The van der Waals surface area contributed by atoms with Crippen molar-refractivity contribution in [1.29, 1.82) is 0 Å². The van der Waals surface area contributed by atoms with Gasteiger partial charge in [0.15, 0.2) is 0 Å². The van der Waals surface area contributed by atoms with Crippen molar-refractivity contribution in [2.24, 2.45) is 0 Å². The molecule has 0 spiro atoms. The van der Waals surface area contributed by atoms with Gasteiger partial charge in [-0.05, 0) is 54.4 Å². The van der Waals surface area contributed by atoms with Gasteiger partial charge < -0.3 is 15.0 Å². The van der Waals surface area contributed by atoms with Crippen LogP contribution in [0.15, 0.2) is 60.8 Å². The van der Waals surface area contributed by atoms with E-state index in [0.29, 0.717) is 19.4 Å². The topological polar surface area (TPSA) is 37.0 Å². The molecule has 0 unspecified atom stereocenters. The van der Waals surface area contributed by atoms with Gasteiger partial charge >= 0.3 is 0 Å². The van der Waals surface area contributed by atoms with Crippen LogP contribution in [0.3, 0.4) is 0 Å². The first-order chi connectivity index (χ1) is 13.0. The fraction of sp³-hybridized carbons (Fsp3) is 0.200. The number of aromatic amines is 1. The first-order valence-corrected chi connectivity index (χ1v) is 8.38.